The van der Waals surface area contributed by atoms with E-state index in [1.54, 1.807) is 19.2 Å². The topological polar surface area (TPSA) is 87.4 Å². The van der Waals surface area contributed by atoms with Crippen molar-refractivity contribution in [1.82, 2.24) is 9.29 Å². The predicted octanol–water partition coefficient (Wildman–Crippen LogP) is 2.86. The van der Waals surface area contributed by atoms with E-state index >= 15 is 0 Å². The molecule has 1 aliphatic heterocycles. The number of nitriles is 1. The Balaban J connectivity index is 1.86. The second kappa shape index (κ2) is 6.86. The number of hydrogen-bond donors (Lipinski definition) is 1. The van der Waals surface area contributed by atoms with E-state index in [2.05, 4.69) is 15.4 Å². The third-order valence-electron chi connectivity index (χ3n) is 5.02. The zero-order valence-electron chi connectivity index (χ0n) is 15.6. The zero-order valence-corrected chi connectivity index (χ0v) is 16.5. The van der Waals surface area contributed by atoms with Gasteiger partial charge in [-0.25, -0.2) is 0 Å². The maximum atomic E-state index is 12.1. The second-order valence-electron chi connectivity index (χ2n) is 6.48. The monoisotopic (exact) mass is 396 g/mol. The number of hydrogen-bond acceptors (Lipinski definition) is 4. The smallest absolute Gasteiger partial charge is 0.301 e. The molecule has 0 saturated carbocycles. The van der Waals surface area contributed by atoms with Crippen LogP contribution in [0.2, 0.25) is 0 Å². The van der Waals surface area contributed by atoms with Gasteiger partial charge in [-0.2, -0.15) is 18.4 Å². The molecule has 8 heteroatoms. The van der Waals surface area contributed by atoms with E-state index in [1.807, 2.05) is 37.3 Å². The summed E-state index contributed by atoms with van der Waals surface area (Å²) in [6.07, 6.45) is 0. The van der Waals surface area contributed by atoms with Gasteiger partial charge in [0.15, 0.2) is 0 Å². The summed E-state index contributed by atoms with van der Waals surface area (Å²) in [5, 5.41) is 10.7. The summed E-state index contributed by atoms with van der Waals surface area (Å²) in [5.41, 5.74) is 3.82. The van der Waals surface area contributed by atoms with Crippen LogP contribution in [0.5, 0.6) is 5.75 Å². The third-order valence-corrected chi connectivity index (χ3v) is 6.56. The number of aromatic nitrogens is 1. The van der Waals surface area contributed by atoms with Crippen LogP contribution >= 0.6 is 0 Å². The van der Waals surface area contributed by atoms with E-state index in [9.17, 15) is 13.7 Å². The summed E-state index contributed by atoms with van der Waals surface area (Å²) in [6.45, 7) is 3.52. The molecule has 0 bridgehead atoms. The molecule has 7 nitrogen and oxygen atoms in total. The molecule has 1 N–H and O–H groups in total. The van der Waals surface area contributed by atoms with Crippen molar-refractivity contribution in [3.8, 4) is 23.1 Å². The number of ether oxygens (including phenoxy) is 1. The largest absolute Gasteiger partial charge is 0.497 e. The Kier molecular flexibility index (Phi) is 4.49. The molecule has 0 atom stereocenters. The molecule has 28 heavy (non-hydrogen) atoms. The van der Waals surface area contributed by atoms with E-state index < -0.39 is 10.2 Å². The quantitative estimate of drug-likeness (QED) is 0.735. The third kappa shape index (κ3) is 2.80. The molecule has 0 spiro atoms. The molecular formula is C20H20N4O3S. The lowest BCUT2D eigenvalue weighted by Gasteiger charge is -2.16. The van der Waals surface area contributed by atoms with Gasteiger partial charge in [0.05, 0.1) is 29.6 Å². The van der Waals surface area contributed by atoms with Crippen molar-refractivity contribution < 1.29 is 13.2 Å². The van der Waals surface area contributed by atoms with E-state index in [-0.39, 0.29) is 0 Å². The van der Waals surface area contributed by atoms with Crippen LogP contribution in [0, 0.1) is 11.3 Å². The highest BCUT2D eigenvalue weighted by atomic mass is 32.2. The number of anilines is 1. The number of fused-ring (bicyclic) bond motifs is 1. The summed E-state index contributed by atoms with van der Waals surface area (Å²) in [6, 6.07) is 15.3. The number of nitrogens with one attached hydrogen (secondary N) is 1. The van der Waals surface area contributed by atoms with Crippen molar-refractivity contribution in [2.24, 2.45) is 0 Å². The highest BCUT2D eigenvalue weighted by molar-refractivity contribution is 7.91. The first kappa shape index (κ1) is 18.3. The maximum Gasteiger partial charge on any atom is 0.301 e. The van der Waals surface area contributed by atoms with Gasteiger partial charge in [-0.05, 0) is 36.8 Å². The lowest BCUT2D eigenvalue weighted by molar-refractivity contribution is 0.415. The molecule has 4 rings (SSSR count). The van der Waals surface area contributed by atoms with Crippen LogP contribution in [0.1, 0.15) is 12.5 Å². The second-order valence-corrected chi connectivity index (χ2v) is 8.16. The Labute approximate surface area is 163 Å². The molecule has 0 amide bonds. The standard InChI is InChI=1S/C20H20N4O3S/c1-3-23-19-12-16(27-2)8-9-17(19)18(13-21)20(23)14-4-6-15(7-5-14)24-11-10-22-28(24,25)26/h4-9,12,22H,3,10-11H2,1-2H3. The van der Waals surface area contributed by atoms with Crippen molar-refractivity contribution in [2.45, 2.75) is 13.5 Å². The van der Waals surface area contributed by atoms with E-state index in [0.717, 1.165) is 27.9 Å². The first-order valence-electron chi connectivity index (χ1n) is 8.98. The fourth-order valence-corrected chi connectivity index (χ4v) is 4.96. The van der Waals surface area contributed by atoms with Crippen LogP contribution in [0.3, 0.4) is 0 Å². The molecule has 1 fully saturated rings. The molecule has 0 aliphatic carbocycles. The molecule has 144 valence electrons. The highest BCUT2D eigenvalue weighted by Gasteiger charge is 2.28. The fourth-order valence-electron chi connectivity index (χ4n) is 3.73. The van der Waals surface area contributed by atoms with E-state index in [4.69, 9.17) is 4.74 Å². The lowest BCUT2D eigenvalue weighted by atomic mass is 10.1. The molecular weight excluding hydrogens is 376 g/mol. The molecule has 1 saturated heterocycles. The maximum absolute atomic E-state index is 12.1. The number of nitrogens with zero attached hydrogens (tertiary/aromatic N) is 3. The number of methoxy groups -OCH3 is 1. The van der Waals surface area contributed by atoms with Gasteiger partial charge >= 0.3 is 10.2 Å². The van der Waals surface area contributed by atoms with Gasteiger partial charge in [-0.15, -0.1) is 0 Å². The summed E-state index contributed by atoms with van der Waals surface area (Å²) in [4.78, 5) is 0. The first-order chi connectivity index (χ1) is 13.5. The summed E-state index contributed by atoms with van der Waals surface area (Å²) >= 11 is 0. The Bertz CT molecular complexity index is 1190. The van der Waals surface area contributed by atoms with Crippen molar-refractivity contribution in [2.75, 3.05) is 24.5 Å². The molecule has 0 unspecified atom stereocenters. The van der Waals surface area contributed by atoms with Crippen molar-refractivity contribution in [3.63, 3.8) is 0 Å². The minimum absolute atomic E-state index is 0.397. The van der Waals surface area contributed by atoms with Crippen molar-refractivity contribution in [3.05, 3.63) is 48.0 Å². The minimum atomic E-state index is -3.46. The summed E-state index contributed by atoms with van der Waals surface area (Å²) in [7, 11) is -1.84. The lowest BCUT2D eigenvalue weighted by Crippen LogP contribution is -2.29. The summed E-state index contributed by atoms with van der Waals surface area (Å²) < 4.78 is 35.4. The van der Waals surface area contributed by atoms with Gasteiger partial charge in [0, 0.05) is 31.1 Å². The Morgan fingerprint density at radius 3 is 2.54 bits per heavy atom. The normalized spacial score (nSPS) is 15.7. The fraction of sp³-hybridized carbons (Fsp3) is 0.250. The van der Waals surface area contributed by atoms with Crippen LogP contribution in [0.15, 0.2) is 42.5 Å². The molecule has 2 aromatic carbocycles. The van der Waals surface area contributed by atoms with Gasteiger partial charge in [0.25, 0.3) is 0 Å². The average Bonchev–Trinajstić information content (AvgIpc) is 3.23. The van der Waals surface area contributed by atoms with Gasteiger partial charge in [0.1, 0.15) is 11.8 Å². The molecule has 3 aromatic rings. The molecule has 2 heterocycles. The first-order valence-corrected chi connectivity index (χ1v) is 10.4. The predicted molar refractivity (Wildman–Crippen MR) is 109 cm³/mol. The van der Waals surface area contributed by atoms with Crippen LogP contribution in [-0.2, 0) is 16.8 Å². The van der Waals surface area contributed by atoms with Crippen LogP contribution in [0.4, 0.5) is 5.69 Å². The van der Waals surface area contributed by atoms with E-state index in [0.29, 0.717) is 30.9 Å². The van der Waals surface area contributed by atoms with Crippen LogP contribution in [-0.4, -0.2) is 33.2 Å². The SMILES string of the molecule is CCn1c(-c2ccc(N3CCNS3(=O)=O)cc2)c(C#N)c2ccc(OC)cc21. The van der Waals surface area contributed by atoms with Gasteiger partial charge < -0.3 is 9.30 Å². The Morgan fingerprint density at radius 1 is 1.21 bits per heavy atom. The van der Waals surface area contributed by atoms with Gasteiger partial charge in [-0.1, -0.05) is 12.1 Å². The van der Waals surface area contributed by atoms with Crippen molar-refractivity contribution >= 4 is 26.8 Å². The Morgan fingerprint density at radius 2 is 1.96 bits per heavy atom. The molecule has 0 radical (unpaired) electrons. The number of benzene rings is 2. The van der Waals surface area contributed by atoms with Crippen LogP contribution < -0.4 is 13.8 Å². The molecule has 1 aliphatic rings. The van der Waals surface area contributed by atoms with Crippen molar-refractivity contribution in [1.29, 1.82) is 5.26 Å². The number of rotatable bonds is 4. The number of aryl methyl sites for hydroxylation is 1. The highest BCUT2D eigenvalue weighted by Crippen LogP contribution is 2.36. The zero-order chi connectivity index (χ0) is 19.9. The van der Waals surface area contributed by atoms with Gasteiger partial charge in [-0.3, -0.25) is 4.31 Å². The van der Waals surface area contributed by atoms with E-state index in [1.165, 1.54) is 4.31 Å². The summed E-state index contributed by atoms with van der Waals surface area (Å²) in [5.74, 6) is 0.734. The molecule has 1 aromatic heterocycles. The van der Waals surface area contributed by atoms with Crippen LogP contribution in [0.25, 0.3) is 22.2 Å². The Hall–Kier alpha value is -3.02. The minimum Gasteiger partial charge on any atom is -0.497 e. The van der Waals surface area contributed by atoms with Gasteiger partial charge in [0.2, 0.25) is 0 Å². The average molecular weight is 396 g/mol.